The Hall–Kier alpha value is -0.610. The van der Waals surface area contributed by atoms with Crippen LogP contribution in [-0.4, -0.2) is 47.7 Å². The molecule has 1 fully saturated rings. The molecule has 1 atom stereocenters. The van der Waals surface area contributed by atoms with Crippen LogP contribution in [0.15, 0.2) is 0 Å². The van der Waals surface area contributed by atoms with Crippen LogP contribution in [0.25, 0.3) is 0 Å². The molecule has 0 spiro atoms. The van der Waals surface area contributed by atoms with Gasteiger partial charge < -0.3 is 15.3 Å². The molecule has 0 aliphatic heterocycles. The Kier molecular flexibility index (Phi) is 5.60. The van der Waals surface area contributed by atoms with Gasteiger partial charge in [0.2, 0.25) is 0 Å². The number of nitrogens with one attached hydrogen (secondary N) is 1. The highest BCUT2D eigenvalue weighted by Gasteiger charge is 2.34. The first-order chi connectivity index (χ1) is 8.39. The maximum atomic E-state index is 11.2. The van der Waals surface area contributed by atoms with E-state index in [0.29, 0.717) is 18.4 Å². The van der Waals surface area contributed by atoms with Crippen LogP contribution in [0.3, 0.4) is 0 Å². The van der Waals surface area contributed by atoms with E-state index in [1.165, 1.54) is 19.3 Å². The third-order valence-corrected chi connectivity index (χ3v) is 3.98. The second-order valence-corrected chi connectivity index (χ2v) is 6.09. The summed E-state index contributed by atoms with van der Waals surface area (Å²) in [6.07, 6.45) is 4.41. The van der Waals surface area contributed by atoms with Gasteiger partial charge in [-0.2, -0.15) is 0 Å². The van der Waals surface area contributed by atoms with Gasteiger partial charge >= 0.3 is 5.97 Å². The van der Waals surface area contributed by atoms with E-state index < -0.39 is 11.5 Å². The van der Waals surface area contributed by atoms with Crippen molar-refractivity contribution in [1.29, 1.82) is 0 Å². The summed E-state index contributed by atoms with van der Waals surface area (Å²) in [7, 11) is 1.73. The Morgan fingerprint density at radius 2 is 2.06 bits per heavy atom. The Morgan fingerprint density at radius 1 is 1.44 bits per heavy atom. The van der Waals surface area contributed by atoms with Crippen molar-refractivity contribution in [1.82, 2.24) is 10.2 Å². The molecule has 0 heterocycles. The molecule has 0 radical (unpaired) electrons. The second kappa shape index (κ2) is 6.53. The zero-order valence-corrected chi connectivity index (χ0v) is 12.2. The number of carbonyl (C=O) groups is 1. The zero-order valence-electron chi connectivity index (χ0n) is 12.2. The van der Waals surface area contributed by atoms with Gasteiger partial charge in [0.25, 0.3) is 0 Å². The van der Waals surface area contributed by atoms with Crippen LogP contribution in [0, 0.1) is 5.92 Å². The Balaban J connectivity index is 2.43. The van der Waals surface area contributed by atoms with Gasteiger partial charge in [-0.3, -0.25) is 4.79 Å². The van der Waals surface area contributed by atoms with Gasteiger partial charge in [-0.05, 0) is 52.1 Å². The molecule has 1 unspecified atom stereocenters. The SMILES string of the molecule is CNC(C)(CCN(CCC(C)C)C1CC1)C(=O)O. The summed E-state index contributed by atoms with van der Waals surface area (Å²) < 4.78 is 0. The summed E-state index contributed by atoms with van der Waals surface area (Å²) in [4.78, 5) is 13.7. The summed E-state index contributed by atoms with van der Waals surface area (Å²) in [6.45, 7) is 8.21. The first kappa shape index (κ1) is 15.4. The van der Waals surface area contributed by atoms with Gasteiger partial charge in [-0.1, -0.05) is 13.8 Å². The molecule has 0 bridgehead atoms. The molecule has 1 aliphatic rings. The largest absolute Gasteiger partial charge is 0.480 e. The molecule has 0 aromatic heterocycles. The maximum absolute atomic E-state index is 11.2. The molecule has 0 aromatic rings. The van der Waals surface area contributed by atoms with E-state index >= 15 is 0 Å². The topological polar surface area (TPSA) is 52.6 Å². The van der Waals surface area contributed by atoms with Crippen molar-refractivity contribution in [3.63, 3.8) is 0 Å². The van der Waals surface area contributed by atoms with Gasteiger partial charge in [0.1, 0.15) is 5.54 Å². The fourth-order valence-corrected chi connectivity index (χ4v) is 2.05. The van der Waals surface area contributed by atoms with Crippen LogP contribution in [0.4, 0.5) is 0 Å². The van der Waals surface area contributed by atoms with E-state index in [-0.39, 0.29) is 0 Å². The number of nitrogens with zero attached hydrogens (tertiary/aromatic N) is 1. The fraction of sp³-hybridized carbons (Fsp3) is 0.929. The van der Waals surface area contributed by atoms with E-state index in [0.717, 1.165) is 13.1 Å². The maximum Gasteiger partial charge on any atom is 0.323 e. The van der Waals surface area contributed by atoms with Gasteiger partial charge in [-0.25, -0.2) is 0 Å². The average molecular weight is 256 g/mol. The number of carboxylic acid groups (broad SMARTS) is 1. The monoisotopic (exact) mass is 256 g/mol. The lowest BCUT2D eigenvalue weighted by Crippen LogP contribution is -2.50. The van der Waals surface area contributed by atoms with Gasteiger partial charge in [-0.15, -0.1) is 0 Å². The molecule has 0 amide bonds. The van der Waals surface area contributed by atoms with Crippen molar-refractivity contribution >= 4 is 5.97 Å². The molecule has 0 aromatic carbocycles. The molecular weight excluding hydrogens is 228 g/mol. The molecule has 4 heteroatoms. The zero-order chi connectivity index (χ0) is 13.8. The summed E-state index contributed by atoms with van der Waals surface area (Å²) >= 11 is 0. The number of aliphatic carboxylic acids is 1. The van der Waals surface area contributed by atoms with Crippen molar-refractivity contribution in [2.24, 2.45) is 5.92 Å². The third kappa shape index (κ3) is 4.58. The van der Waals surface area contributed by atoms with E-state index in [2.05, 4.69) is 24.1 Å². The highest BCUT2D eigenvalue weighted by atomic mass is 16.4. The molecule has 1 saturated carbocycles. The summed E-state index contributed by atoms with van der Waals surface area (Å²) in [6, 6.07) is 0.707. The minimum absolute atomic E-state index is 0.660. The Bertz CT molecular complexity index is 277. The highest BCUT2D eigenvalue weighted by molar-refractivity contribution is 5.78. The first-order valence-electron chi connectivity index (χ1n) is 7.05. The molecule has 0 saturated heterocycles. The predicted octanol–water partition coefficient (Wildman–Crippen LogP) is 1.95. The number of likely N-dealkylation sites (N-methyl/N-ethyl adjacent to an activating group) is 1. The standard InChI is InChI=1S/C14H28N2O2/c1-11(2)7-9-16(12-5-6-12)10-8-14(3,15-4)13(17)18/h11-12,15H,5-10H2,1-4H3,(H,17,18). The third-order valence-electron chi connectivity index (χ3n) is 3.98. The number of hydrogen-bond acceptors (Lipinski definition) is 3. The molecular formula is C14H28N2O2. The number of carboxylic acids is 1. The van der Waals surface area contributed by atoms with Gasteiger partial charge in [0, 0.05) is 12.6 Å². The smallest absolute Gasteiger partial charge is 0.323 e. The van der Waals surface area contributed by atoms with Crippen molar-refractivity contribution < 1.29 is 9.90 Å². The lowest BCUT2D eigenvalue weighted by atomic mass is 9.98. The summed E-state index contributed by atoms with van der Waals surface area (Å²) in [5, 5.41) is 12.2. The van der Waals surface area contributed by atoms with Crippen LogP contribution in [0.2, 0.25) is 0 Å². The Morgan fingerprint density at radius 3 is 2.44 bits per heavy atom. The van der Waals surface area contributed by atoms with Crippen LogP contribution in [-0.2, 0) is 4.79 Å². The lowest BCUT2D eigenvalue weighted by Gasteiger charge is -2.29. The number of rotatable bonds is 9. The van der Waals surface area contributed by atoms with E-state index in [1.54, 1.807) is 14.0 Å². The highest BCUT2D eigenvalue weighted by Crippen LogP contribution is 2.28. The summed E-state index contributed by atoms with van der Waals surface area (Å²) in [5.41, 5.74) is -0.801. The van der Waals surface area contributed by atoms with E-state index in [4.69, 9.17) is 0 Å². The van der Waals surface area contributed by atoms with Crippen molar-refractivity contribution in [3.05, 3.63) is 0 Å². The average Bonchev–Trinajstić information content (AvgIpc) is 3.12. The lowest BCUT2D eigenvalue weighted by molar-refractivity contribution is -0.144. The van der Waals surface area contributed by atoms with Crippen LogP contribution in [0.5, 0.6) is 0 Å². The van der Waals surface area contributed by atoms with Crippen molar-refractivity contribution in [3.8, 4) is 0 Å². The molecule has 1 aliphatic carbocycles. The minimum atomic E-state index is -0.801. The molecule has 18 heavy (non-hydrogen) atoms. The van der Waals surface area contributed by atoms with Crippen molar-refractivity contribution in [2.75, 3.05) is 20.1 Å². The summed E-state index contributed by atoms with van der Waals surface area (Å²) in [5.74, 6) is -0.0500. The second-order valence-electron chi connectivity index (χ2n) is 6.09. The molecule has 4 nitrogen and oxygen atoms in total. The quantitative estimate of drug-likeness (QED) is 0.662. The van der Waals surface area contributed by atoms with Crippen molar-refractivity contribution in [2.45, 2.75) is 58.0 Å². The van der Waals surface area contributed by atoms with E-state index in [1.807, 2.05) is 0 Å². The van der Waals surface area contributed by atoms with E-state index in [9.17, 15) is 9.90 Å². The van der Waals surface area contributed by atoms with Gasteiger partial charge in [0.05, 0.1) is 0 Å². The molecule has 106 valence electrons. The molecule has 2 N–H and O–H groups in total. The van der Waals surface area contributed by atoms with Crippen LogP contribution < -0.4 is 5.32 Å². The minimum Gasteiger partial charge on any atom is -0.480 e. The fourth-order valence-electron chi connectivity index (χ4n) is 2.05. The first-order valence-corrected chi connectivity index (χ1v) is 7.05. The normalized spacial score (nSPS) is 19.2. The van der Waals surface area contributed by atoms with Crippen LogP contribution >= 0.6 is 0 Å². The Labute approximate surface area is 111 Å². The number of hydrogen-bond donors (Lipinski definition) is 2. The van der Waals surface area contributed by atoms with Gasteiger partial charge in [0.15, 0.2) is 0 Å². The molecule has 1 rings (SSSR count). The predicted molar refractivity (Wildman–Crippen MR) is 73.8 cm³/mol. The van der Waals surface area contributed by atoms with Crippen LogP contribution in [0.1, 0.15) is 46.5 Å².